The summed E-state index contributed by atoms with van der Waals surface area (Å²) in [6.07, 6.45) is 1.06. The summed E-state index contributed by atoms with van der Waals surface area (Å²) in [5.74, 6) is -4.98. The van der Waals surface area contributed by atoms with Crippen molar-refractivity contribution >= 4 is 23.6 Å². The Kier molecular flexibility index (Phi) is 7.10. The summed E-state index contributed by atoms with van der Waals surface area (Å²) in [6, 6.07) is 12.5. The highest BCUT2D eigenvalue weighted by molar-refractivity contribution is 6.17. The molecule has 2 unspecified atom stereocenters. The lowest BCUT2D eigenvalue weighted by Gasteiger charge is -2.21. The van der Waals surface area contributed by atoms with E-state index in [0.29, 0.717) is 24.8 Å². The molecule has 1 amide bonds. The molecule has 0 aromatic heterocycles. The van der Waals surface area contributed by atoms with Crippen LogP contribution < -0.4 is 5.32 Å². The van der Waals surface area contributed by atoms with Crippen molar-refractivity contribution in [3.05, 3.63) is 88.5 Å². The molecule has 4 rings (SSSR count). The molecule has 0 radical (unpaired) electrons. The second-order valence-corrected chi connectivity index (χ2v) is 8.57. The van der Waals surface area contributed by atoms with Gasteiger partial charge in [0.15, 0.2) is 0 Å². The van der Waals surface area contributed by atoms with Gasteiger partial charge in [0.25, 0.3) is 5.91 Å². The Bertz CT molecular complexity index is 1360. The Labute approximate surface area is 210 Å². The number of carboxylic acids is 1. The molecule has 1 aliphatic rings. The number of nitrogens with one attached hydrogen (secondary N) is 1. The first-order valence-electron chi connectivity index (χ1n) is 11.4. The first kappa shape index (κ1) is 25.2. The topological polar surface area (TPSA) is 170 Å². The third-order valence-electron chi connectivity index (χ3n) is 6.12. The highest BCUT2D eigenvalue weighted by atomic mass is 16.5. The number of hydrogen-bond acceptors (Lipinski definition) is 8. The Morgan fingerprint density at radius 3 is 2.05 bits per heavy atom. The molecule has 3 aromatic carbocycles. The second kappa shape index (κ2) is 10.4. The lowest BCUT2D eigenvalue weighted by Crippen LogP contribution is -2.41. The van der Waals surface area contributed by atoms with E-state index >= 15 is 0 Å². The smallest absolute Gasteiger partial charge is 0.338 e. The van der Waals surface area contributed by atoms with Crippen LogP contribution >= 0.6 is 0 Å². The zero-order valence-corrected chi connectivity index (χ0v) is 19.4. The number of rotatable bonds is 7. The van der Waals surface area contributed by atoms with Crippen LogP contribution in [-0.4, -0.2) is 56.2 Å². The van der Waals surface area contributed by atoms with Crippen molar-refractivity contribution in [1.82, 2.24) is 5.32 Å². The van der Waals surface area contributed by atoms with Gasteiger partial charge in [0.1, 0.15) is 28.9 Å². The van der Waals surface area contributed by atoms with Crippen molar-refractivity contribution in [3.63, 3.8) is 0 Å². The van der Waals surface area contributed by atoms with Crippen molar-refractivity contribution < 1.29 is 44.3 Å². The number of aromatic carboxylic acids is 1. The highest BCUT2D eigenvalue weighted by Crippen LogP contribution is 2.33. The van der Waals surface area contributed by atoms with Crippen molar-refractivity contribution in [3.8, 4) is 17.2 Å². The first-order chi connectivity index (χ1) is 17.7. The number of amides is 1. The predicted octanol–water partition coefficient (Wildman–Crippen LogP) is 3.24. The molecule has 0 bridgehead atoms. The normalized spacial score (nSPS) is 16.6. The largest absolute Gasteiger partial charge is 0.508 e. The minimum absolute atomic E-state index is 0.0227. The number of aromatic hydroxyl groups is 3. The van der Waals surface area contributed by atoms with E-state index in [4.69, 9.17) is 4.74 Å². The number of carboxylic acid groups (broad SMARTS) is 1. The van der Waals surface area contributed by atoms with E-state index in [0.717, 1.165) is 12.1 Å². The molecular formula is C27H23NO9. The quantitative estimate of drug-likeness (QED) is 0.239. The van der Waals surface area contributed by atoms with Crippen LogP contribution in [-0.2, 0) is 4.74 Å². The minimum atomic E-state index is -1.35. The number of hydrogen-bond donors (Lipinski definition) is 5. The summed E-state index contributed by atoms with van der Waals surface area (Å²) in [6.45, 7) is 0. The van der Waals surface area contributed by atoms with E-state index in [1.807, 2.05) is 0 Å². The number of carbonyl (C=O) groups excluding carboxylic acids is 3. The average molecular weight is 505 g/mol. The molecule has 190 valence electrons. The Morgan fingerprint density at radius 1 is 0.811 bits per heavy atom. The number of carbonyl (C=O) groups is 4. The molecule has 5 N–H and O–H groups in total. The van der Waals surface area contributed by atoms with Crippen molar-refractivity contribution in [2.45, 2.75) is 31.4 Å². The molecule has 0 heterocycles. The molecule has 37 heavy (non-hydrogen) atoms. The van der Waals surface area contributed by atoms with Crippen LogP contribution in [0.5, 0.6) is 17.2 Å². The summed E-state index contributed by atoms with van der Waals surface area (Å²) in [4.78, 5) is 49.7. The van der Waals surface area contributed by atoms with E-state index in [9.17, 15) is 39.6 Å². The van der Waals surface area contributed by atoms with Crippen LogP contribution in [0.25, 0.3) is 0 Å². The minimum Gasteiger partial charge on any atom is -0.508 e. The van der Waals surface area contributed by atoms with Gasteiger partial charge in [-0.25, -0.2) is 9.59 Å². The average Bonchev–Trinajstić information content (AvgIpc) is 3.29. The third-order valence-corrected chi connectivity index (χ3v) is 6.12. The van der Waals surface area contributed by atoms with Crippen LogP contribution in [0.3, 0.4) is 0 Å². The molecule has 3 aromatic rings. The van der Waals surface area contributed by atoms with E-state index in [2.05, 4.69) is 5.32 Å². The second-order valence-electron chi connectivity index (χ2n) is 8.57. The van der Waals surface area contributed by atoms with Crippen LogP contribution in [0.1, 0.15) is 66.3 Å². The summed E-state index contributed by atoms with van der Waals surface area (Å²) in [7, 11) is 0. The maximum Gasteiger partial charge on any atom is 0.338 e. The van der Waals surface area contributed by atoms with E-state index in [-0.39, 0.29) is 22.4 Å². The van der Waals surface area contributed by atoms with Gasteiger partial charge in [-0.1, -0.05) is 18.2 Å². The summed E-state index contributed by atoms with van der Waals surface area (Å²) >= 11 is 0. The zero-order chi connectivity index (χ0) is 26.7. The van der Waals surface area contributed by atoms with Gasteiger partial charge in [-0.15, -0.1) is 0 Å². The maximum atomic E-state index is 12.9. The van der Waals surface area contributed by atoms with E-state index < -0.39 is 52.8 Å². The van der Waals surface area contributed by atoms with Gasteiger partial charge in [0.2, 0.25) is 5.78 Å². The molecule has 0 aliphatic heterocycles. The molecule has 10 nitrogen and oxygen atoms in total. The Balaban J connectivity index is 1.49. The molecule has 1 aliphatic carbocycles. The Morgan fingerprint density at radius 2 is 1.43 bits per heavy atom. The zero-order valence-electron chi connectivity index (χ0n) is 19.4. The van der Waals surface area contributed by atoms with Gasteiger partial charge < -0.3 is 30.5 Å². The first-order valence-corrected chi connectivity index (χ1v) is 11.4. The molecular weight excluding hydrogens is 482 g/mol. The molecule has 0 saturated heterocycles. The predicted molar refractivity (Wildman–Crippen MR) is 129 cm³/mol. The fourth-order valence-electron chi connectivity index (χ4n) is 4.27. The van der Waals surface area contributed by atoms with Crippen molar-refractivity contribution in [1.29, 1.82) is 0 Å². The number of ketones is 1. The summed E-state index contributed by atoms with van der Waals surface area (Å²) in [5.41, 5.74) is -1.00. The molecule has 10 heteroatoms. The van der Waals surface area contributed by atoms with Crippen LogP contribution in [0.15, 0.2) is 60.7 Å². The highest BCUT2D eigenvalue weighted by Gasteiger charge is 2.33. The molecule has 2 atom stereocenters. The Hall–Kier alpha value is -4.86. The van der Waals surface area contributed by atoms with Gasteiger partial charge in [-0.05, 0) is 61.7 Å². The SMILES string of the molecule is O=C(NC1CCCC1OC(=O)c1cc(O)c(C(=O)c2ccccc2C(=O)O)c(O)c1)c1ccc(O)cc1. The number of esters is 1. The lowest BCUT2D eigenvalue weighted by atomic mass is 9.96. The van der Waals surface area contributed by atoms with E-state index in [1.165, 1.54) is 48.5 Å². The number of phenolic OH excluding ortho intramolecular Hbond substituents is 3. The van der Waals surface area contributed by atoms with Crippen molar-refractivity contribution in [2.24, 2.45) is 0 Å². The van der Waals surface area contributed by atoms with E-state index in [1.54, 1.807) is 0 Å². The molecule has 1 saturated carbocycles. The number of benzene rings is 3. The fourth-order valence-corrected chi connectivity index (χ4v) is 4.27. The molecule has 0 spiro atoms. The van der Waals surface area contributed by atoms with Gasteiger partial charge in [0.05, 0.1) is 17.2 Å². The van der Waals surface area contributed by atoms with Crippen LogP contribution in [0.4, 0.5) is 0 Å². The number of ether oxygens (including phenoxy) is 1. The lowest BCUT2D eigenvalue weighted by molar-refractivity contribution is 0.0249. The van der Waals surface area contributed by atoms with Gasteiger partial charge in [-0.2, -0.15) is 0 Å². The van der Waals surface area contributed by atoms with Gasteiger partial charge >= 0.3 is 11.9 Å². The summed E-state index contributed by atoms with van der Waals surface area (Å²) in [5, 5.41) is 42.4. The standard InChI is InChI=1S/C27H23NO9/c29-16-10-8-14(9-11-16)25(33)28-19-6-3-7-22(19)37-27(36)15-12-20(30)23(21(31)13-15)24(32)17-4-1-2-5-18(17)26(34)35/h1-2,4-5,8-13,19,22,29-31H,3,6-7H2,(H,28,33)(H,34,35). The van der Waals surface area contributed by atoms with Gasteiger partial charge in [-0.3, -0.25) is 9.59 Å². The van der Waals surface area contributed by atoms with Crippen molar-refractivity contribution in [2.75, 3.05) is 0 Å². The summed E-state index contributed by atoms with van der Waals surface area (Å²) < 4.78 is 5.53. The van der Waals surface area contributed by atoms with Gasteiger partial charge in [0, 0.05) is 11.1 Å². The maximum absolute atomic E-state index is 12.9. The number of phenols is 3. The molecule has 1 fully saturated rings. The monoisotopic (exact) mass is 505 g/mol. The fraction of sp³-hybridized carbons (Fsp3) is 0.185. The van der Waals surface area contributed by atoms with Crippen LogP contribution in [0, 0.1) is 0 Å². The third kappa shape index (κ3) is 5.37. The van der Waals surface area contributed by atoms with Crippen LogP contribution in [0.2, 0.25) is 0 Å².